The van der Waals surface area contributed by atoms with E-state index in [0.29, 0.717) is 13.2 Å². The Morgan fingerprint density at radius 1 is 1.12 bits per heavy atom. The van der Waals surface area contributed by atoms with Gasteiger partial charge in [0.2, 0.25) is 0 Å². The predicted molar refractivity (Wildman–Crippen MR) is 105 cm³/mol. The van der Waals surface area contributed by atoms with E-state index in [0.717, 1.165) is 17.7 Å². The first-order valence-corrected chi connectivity index (χ1v) is 9.01. The lowest BCUT2D eigenvalue weighted by Crippen LogP contribution is -2.43. The van der Waals surface area contributed by atoms with Gasteiger partial charge in [-0.15, -0.1) is 0 Å². The van der Waals surface area contributed by atoms with E-state index in [9.17, 15) is 4.79 Å². The maximum atomic E-state index is 11.9. The van der Waals surface area contributed by atoms with Crippen molar-refractivity contribution < 1.29 is 9.53 Å². The van der Waals surface area contributed by atoms with Crippen molar-refractivity contribution in [1.29, 1.82) is 0 Å². The van der Waals surface area contributed by atoms with E-state index in [1.165, 1.54) is 5.56 Å². The monoisotopic (exact) mass is 355 g/mol. The molecule has 0 aliphatic heterocycles. The molecule has 0 fully saturated rings. The second-order valence-electron chi connectivity index (χ2n) is 7.48. The molecule has 2 amide bonds. The van der Waals surface area contributed by atoms with Crippen LogP contribution in [0.2, 0.25) is 0 Å². The van der Waals surface area contributed by atoms with Crippen LogP contribution in [0.1, 0.15) is 38.8 Å². The summed E-state index contributed by atoms with van der Waals surface area (Å²) in [5.41, 5.74) is 2.55. The van der Waals surface area contributed by atoms with E-state index in [4.69, 9.17) is 4.74 Å². The molecule has 5 heteroatoms. The summed E-state index contributed by atoms with van der Waals surface area (Å²) in [6.07, 6.45) is 4.29. The number of rotatable bonds is 7. The fourth-order valence-electron chi connectivity index (χ4n) is 2.58. The number of amides is 2. The second-order valence-corrected chi connectivity index (χ2v) is 7.48. The van der Waals surface area contributed by atoms with E-state index in [2.05, 4.69) is 48.5 Å². The van der Waals surface area contributed by atoms with Crippen molar-refractivity contribution in [2.75, 3.05) is 13.2 Å². The molecule has 140 valence electrons. The Kier molecular flexibility index (Phi) is 7.01. The van der Waals surface area contributed by atoms with Crippen molar-refractivity contribution in [3.05, 3.63) is 59.9 Å². The zero-order chi connectivity index (χ0) is 19.0. The van der Waals surface area contributed by atoms with Crippen LogP contribution in [0.5, 0.6) is 5.75 Å². The van der Waals surface area contributed by atoms with Gasteiger partial charge >= 0.3 is 6.03 Å². The molecule has 1 aromatic carbocycles. The van der Waals surface area contributed by atoms with Crippen molar-refractivity contribution in [2.24, 2.45) is 0 Å². The number of urea groups is 1. The molecule has 26 heavy (non-hydrogen) atoms. The Labute approximate surface area is 156 Å². The van der Waals surface area contributed by atoms with Gasteiger partial charge in [-0.25, -0.2) is 4.79 Å². The van der Waals surface area contributed by atoms with E-state index >= 15 is 0 Å². The highest BCUT2D eigenvalue weighted by molar-refractivity contribution is 5.74. The highest BCUT2D eigenvalue weighted by atomic mass is 16.5. The lowest BCUT2D eigenvalue weighted by Gasteiger charge is -2.19. The van der Waals surface area contributed by atoms with E-state index in [-0.39, 0.29) is 17.5 Å². The molecule has 0 saturated heterocycles. The molecule has 5 nitrogen and oxygen atoms in total. The Morgan fingerprint density at radius 2 is 1.77 bits per heavy atom. The number of carbonyl (C=O) groups excluding carboxylic acids is 1. The first-order chi connectivity index (χ1) is 12.3. The molecular formula is C21H29N3O2. The third-order valence-electron chi connectivity index (χ3n) is 4.05. The Morgan fingerprint density at radius 3 is 2.38 bits per heavy atom. The molecule has 0 aliphatic carbocycles. The van der Waals surface area contributed by atoms with Crippen LogP contribution in [0.25, 0.3) is 0 Å². The first-order valence-electron chi connectivity index (χ1n) is 9.01. The molecule has 2 aromatic rings. The topological polar surface area (TPSA) is 63.2 Å². The van der Waals surface area contributed by atoms with E-state index in [1.54, 1.807) is 12.4 Å². The minimum absolute atomic E-state index is 0.0447. The van der Waals surface area contributed by atoms with Gasteiger partial charge < -0.3 is 15.4 Å². The highest BCUT2D eigenvalue weighted by Gasteiger charge is 2.13. The lowest BCUT2D eigenvalue weighted by molar-refractivity contribution is 0.233. The Hall–Kier alpha value is -2.56. The minimum atomic E-state index is -0.182. The molecule has 1 unspecified atom stereocenters. The molecular weight excluding hydrogens is 326 g/mol. The highest BCUT2D eigenvalue weighted by Crippen LogP contribution is 2.24. The third-order valence-corrected chi connectivity index (χ3v) is 4.05. The average molecular weight is 355 g/mol. The Bertz CT molecular complexity index is 679. The van der Waals surface area contributed by atoms with Crippen LogP contribution < -0.4 is 15.4 Å². The number of hydrogen-bond donors (Lipinski definition) is 2. The van der Waals surface area contributed by atoms with Gasteiger partial charge in [-0.2, -0.15) is 0 Å². The summed E-state index contributed by atoms with van der Waals surface area (Å²) in [6.45, 7) is 9.41. The second kappa shape index (κ2) is 9.22. The number of carbonyl (C=O) groups is 1. The Balaban J connectivity index is 1.65. The zero-order valence-corrected chi connectivity index (χ0v) is 16.1. The van der Waals surface area contributed by atoms with Crippen LogP contribution in [0.15, 0.2) is 48.8 Å². The standard InChI is InChI=1S/C21H29N3O2/c1-16(15-17-9-11-22-12-10-17)24-20(25)23-13-14-26-19-7-5-18(6-8-19)21(2,3)4/h5-12,16H,13-15H2,1-4H3,(H2,23,24,25). The maximum absolute atomic E-state index is 11.9. The number of nitrogens with one attached hydrogen (secondary N) is 2. The van der Waals surface area contributed by atoms with E-state index in [1.807, 2.05) is 31.2 Å². The van der Waals surface area contributed by atoms with E-state index < -0.39 is 0 Å². The van der Waals surface area contributed by atoms with Crippen LogP contribution in [0.4, 0.5) is 4.79 Å². The predicted octanol–water partition coefficient (Wildman–Crippen LogP) is 3.69. The fourth-order valence-corrected chi connectivity index (χ4v) is 2.58. The van der Waals surface area contributed by atoms with Crippen molar-refractivity contribution in [2.45, 2.75) is 45.6 Å². The minimum Gasteiger partial charge on any atom is -0.492 e. The molecule has 1 heterocycles. The summed E-state index contributed by atoms with van der Waals surface area (Å²) in [6, 6.07) is 11.9. The molecule has 0 aliphatic rings. The van der Waals surface area contributed by atoms with Gasteiger partial charge in [-0.1, -0.05) is 32.9 Å². The normalized spacial score (nSPS) is 12.3. The summed E-state index contributed by atoms with van der Waals surface area (Å²) >= 11 is 0. The summed E-state index contributed by atoms with van der Waals surface area (Å²) in [5, 5.41) is 5.74. The molecule has 0 radical (unpaired) electrons. The van der Waals surface area contributed by atoms with Crippen molar-refractivity contribution in [3.8, 4) is 5.75 Å². The van der Waals surface area contributed by atoms with Crippen LogP contribution in [0.3, 0.4) is 0 Å². The number of pyridine rings is 1. The van der Waals surface area contributed by atoms with Gasteiger partial charge in [-0.05, 0) is 54.2 Å². The fraction of sp³-hybridized carbons (Fsp3) is 0.429. The smallest absolute Gasteiger partial charge is 0.315 e. The number of nitrogens with zero attached hydrogens (tertiary/aromatic N) is 1. The van der Waals surface area contributed by atoms with Crippen LogP contribution in [-0.2, 0) is 11.8 Å². The summed E-state index contributed by atoms with van der Waals surface area (Å²) in [7, 11) is 0. The molecule has 1 aromatic heterocycles. The van der Waals surface area contributed by atoms with Gasteiger partial charge in [0.05, 0.1) is 6.54 Å². The SMILES string of the molecule is CC(Cc1ccncc1)NC(=O)NCCOc1ccc(C(C)(C)C)cc1. The van der Waals surface area contributed by atoms with Gasteiger partial charge in [0.25, 0.3) is 0 Å². The molecule has 0 saturated carbocycles. The third kappa shape index (κ3) is 6.75. The van der Waals surface area contributed by atoms with Gasteiger partial charge in [0.15, 0.2) is 0 Å². The lowest BCUT2D eigenvalue weighted by atomic mass is 9.87. The van der Waals surface area contributed by atoms with Crippen LogP contribution in [0, 0.1) is 0 Å². The quantitative estimate of drug-likeness (QED) is 0.745. The summed E-state index contributed by atoms with van der Waals surface area (Å²) in [4.78, 5) is 15.9. The summed E-state index contributed by atoms with van der Waals surface area (Å²) in [5.74, 6) is 0.811. The molecule has 2 N–H and O–H groups in total. The first kappa shape index (κ1) is 19.8. The largest absolute Gasteiger partial charge is 0.492 e. The van der Waals surface area contributed by atoms with Crippen molar-refractivity contribution >= 4 is 6.03 Å². The average Bonchev–Trinajstić information content (AvgIpc) is 2.59. The molecule has 0 bridgehead atoms. The number of ether oxygens (including phenoxy) is 1. The van der Waals surface area contributed by atoms with Gasteiger partial charge in [0, 0.05) is 18.4 Å². The zero-order valence-electron chi connectivity index (χ0n) is 16.1. The van der Waals surface area contributed by atoms with Gasteiger partial charge in [0.1, 0.15) is 12.4 Å². The van der Waals surface area contributed by atoms with Crippen LogP contribution in [-0.4, -0.2) is 30.2 Å². The maximum Gasteiger partial charge on any atom is 0.315 e. The van der Waals surface area contributed by atoms with Crippen molar-refractivity contribution in [1.82, 2.24) is 15.6 Å². The number of aromatic nitrogens is 1. The summed E-state index contributed by atoms with van der Waals surface area (Å²) < 4.78 is 5.68. The van der Waals surface area contributed by atoms with Crippen molar-refractivity contribution in [3.63, 3.8) is 0 Å². The van der Waals surface area contributed by atoms with Gasteiger partial charge in [-0.3, -0.25) is 4.98 Å². The molecule has 0 spiro atoms. The molecule has 1 atom stereocenters. The van der Waals surface area contributed by atoms with Crippen LogP contribution >= 0.6 is 0 Å². The number of hydrogen-bond acceptors (Lipinski definition) is 3. The number of benzene rings is 1. The molecule has 2 rings (SSSR count).